The molecule has 1 aromatic heterocycles. The first-order valence-corrected chi connectivity index (χ1v) is 8.84. The lowest BCUT2D eigenvalue weighted by Crippen LogP contribution is -2.40. The Morgan fingerprint density at radius 1 is 1.45 bits per heavy atom. The van der Waals surface area contributed by atoms with E-state index >= 15 is 0 Å². The molecule has 2 rings (SSSR count). The summed E-state index contributed by atoms with van der Waals surface area (Å²) >= 11 is 1.18. The summed E-state index contributed by atoms with van der Waals surface area (Å²) in [6.45, 7) is 2.40. The Hall–Kier alpha value is -1.59. The van der Waals surface area contributed by atoms with E-state index in [9.17, 15) is 18.5 Å². The molecule has 108 valence electrons. The van der Waals surface area contributed by atoms with E-state index in [1.165, 1.54) is 11.3 Å². The fourth-order valence-electron chi connectivity index (χ4n) is 2.05. The molecule has 1 aromatic rings. The van der Waals surface area contributed by atoms with Gasteiger partial charge in [0.15, 0.2) is 15.6 Å². The lowest BCUT2D eigenvalue weighted by molar-refractivity contribution is 0.0993. The largest absolute Gasteiger partial charge is 0.396 e. The van der Waals surface area contributed by atoms with Crippen LogP contribution in [0.2, 0.25) is 0 Å². The fourth-order valence-corrected chi connectivity index (χ4v) is 4.48. The van der Waals surface area contributed by atoms with Crippen LogP contribution in [0.15, 0.2) is 0 Å². The van der Waals surface area contributed by atoms with Crippen LogP contribution in [0.5, 0.6) is 0 Å². The number of carbonyl (C=O) groups is 1. The van der Waals surface area contributed by atoms with Crippen LogP contribution >= 0.6 is 11.3 Å². The molecule has 8 heteroatoms. The number of nitrogens with two attached hydrogens (primary N) is 1. The predicted octanol–water partition coefficient (Wildman–Crippen LogP) is 1.03. The highest BCUT2D eigenvalue weighted by atomic mass is 32.2. The molecule has 0 bridgehead atoms. The number of nitrogens with zero attached hydrogens (tertiary/aromatic N) is 2. The summed E-state index contributed by atoms with van der Waals surface area (Å²) < 4.78 is 22.9. The van der Waals surface area contributed by atoms with Crippen molar-refractivity contribution < 1.29 is 13.2 Å². The third kappa shape index (κ3) is 2.64. The normalized spacial score (nSPS) is 17.7. The van der Waals surface area contributed by atoms with Crippen LogP contribution in [-0.2, 0) is 9.84 Å². The number of hydrogen-bond donors (Lipinski definition) is 1. The van der Waals surface area contributed by atoms with Gasteiger partial charge in [-0.2, -0.15) is 5.26 Å². The Kier molecular flexibility index (Phi) is 4.01. The van der Waals surface area contributed by atoms with E-state index in [0.29, 0.717) is 29.4 Å². The Labute approximate surface area is 121 Å². The van der Waals surface area contributed by atoms with Crippen molar-refractivity contribution >= 4 is 37.6 Å². The predicted molar refractivity (Wildman–Crippen MR) is 78.9 cm³/mol. The van der Waals surface area contributed by atoms with E-state index in [0.717, 1.165) is 0 Å². The van der Waals surface area contributed by atoms with Crippen LogP contribution in [0.3, 0.4) is 0 Å². The molecule has 1 saturated heterocycles. The number of nitrogen functional groups attached to an aromatic ring is 1. The van der Waals surface area contributed by atoms with E-state index in [1.807, 2.05) is 11.0 Å². The van der Waals surface area contributed by atoms with Crippen molar-refractivity contribution in [2.75, 3.05) is 35.2 Å². The minimum atomic E-state index is -2.99. The quantitative estimate of drug-likeness (QED) is 0.836. The van der Waals surface area contributed by atoms with Crippen molar-refractivity contribution in [3.05, 3.63) is 10.4 Å². The first-order valence-electron chi connectivity index (χ1n) is 6.20. The molecular formula is C12H15N3O3S2. The molecule has 1 aliphatic rings. The number of thiophene rings is 1. The van der Waals surface area contributed by atoms with Crippen LogP contribution in [-0.4, -0.2) is 38.8 Å². The molecule has 0 amide bonds. The lowest BCUT2D eigenvalue weighted by Gasteiger charge is -2.27. The molecule has 0 unspecified atom stereocenters. The average molecular weight is 313 g/mol. The Bertz CT molecular complexity index is 672. The molecule has 20 heavy (non-hydrogen) atoms. The summed E-state index contributed by atoms with van der Waals surface area (Å²) in [5.41, 5.74) is 6.37. The van der Waals surface area contributed by atoms with Crippen molar-refractivity contribution in [3.63, 3.8) is 0 Å². The SMILES string of the molecule is CCC(=O)c1sc(N2CCS(=O)(=O)CC2)c(C#N)c1N. The molecule has 0 aromatic carbocycles. The van der Waals surface area contributed by atoms with Crippen LogP contribution in [0.1, 0.15) is 28.6 Å². The Balaban J connectivity index is 2.38. The van der Waals surface area contributed by atoms with Crippen LogP contribution in [0.25, 0.3) is 0 Å². The summed E-state index contributed by atoms with van der Waals surface area (Å²) in [6, 6.07) is 2.02. The summed E-state index contributed by atoms with van der Waals surface area (Å²) in [7, 11) is -2.99. The summed E-state index contributed by atoms with van der Waals surface area (Å²) in [6.07, 6.45) is 0.323. The second-order valence-electron chi connectivity index (χ2n) is 4.55. The summed E-state index contributed by atoms with van der Waals surface area (Å²) in [5, 5.41) is 9.83. The molecule has 0 spiro atoms. The average Bonchev–Trinajstić information content (AvgIpc) is 2.75. The van der Waals surface area contributed by atoms with E-state index in [2.05, 4.69) is 0 Å². The molecule has 1 fully saturated rings. The van der Waals surface area contributed by atoms with Crippen LogP contribution in [0, 0.1) is 11.3 Å². The van der Waals surface area contributed by atoms with Crippen molar-refractivity contribution in [2.24, 2.45) is 0 Å². The van der Waals surface area contributed by atoms with E-state index in [4.69, 9.17) is 5.73 Å². The molecule has 1 aliphatic heterocycles. The smallest absolute Gasteiger partial charge is 0.174 e. The van der Waals surface area contributed by atoms with Crippen molar-refractivity contribution in [1.82, 2.24) is 0 Å². The van der Waals surface area contributed by atoms with Crippen LogP contribution < -0.4 is 10.6 Å². The Morgan fingerprint density at radius 2 is 2.05 bits per heavy atom. The minimum Gasteiger partial charge on any atom is -0.396 e. The number of nitriles is 1. The fraction of sp³-hybridized carbons (Fsp3) is 0.500. The molecule has 2 heterocycles. The zero-order valence-corrected chi connectivity index (χ0v) is 12.7. The number of hydrogen-bond acceptors (Lipinski definition) is 7. The maximum absolute atomic E-state index is 11.8. The molecule has 0 radical (unpaired) electrons. The summed E-state index contributed by atoms with van der Waals surface area (Å²) in [5.74, 6) is 0.0271. The first kappa shape index (κ1) is 14.8. The zero-order valence-electron chi connectivity index (χ0n) is 11.0. The van der Waals surface area contributed by atoms with Crippen molar-refractivity contribution in [2.45, 2.75) is 13.3 Å². The molecular weight excluding hydrogens is 298 g/mol. The molecule has 6 nitrogen and oxygen atoms in total. The Morgan fingerprint density at radius 3 is 2.55 bits per heavy atom. The molecule has 0 saturated carbocycles. The maximum atomic E-state index is 11.8. The van der Waals surface area contributed by atoms with Gasteiger partial charge in [-0.25, -0.2) is 8.42 Å². The second-order valence-corrected chi connectivity index (χ2v) is 7.86. The van der Waals surface area contributed by atoms with Gasteiger partial charge in [0.1, 0.15) is 16.6 Å². The van der Waals surface area contributed by atoms with Crippen molar-refractivity contribution in [3.8, 4) is 6.07 Å². The lowest BCUT2D eigenvalue weighted by atomic mass is 10.2. The number of carbonyl (C=O) groups excluding carboxylic acids is 1. The van der Waals surface area contributed by atoms with Gasteiger partial charge in [-0.05, 0) is 0 Å². The third-order valence-corrected chi connectivity index (χ3v) is 6.16. The van der Waals surface area contributed by atoms with Gasteiger partial charge in [0.25, 0.3) is 0 Å². The van der Waals surface area contributed by atoms with Crippen LogP contribution in [0.4, 0.5) is 10.7 Å². The van der Waals surface area contributed by atoms with E-state index < -0.39 is 9.84 Å². The van der Waals surface area contributed by atoms with E-state index in [-0.39, 0.29) is 28.5 Å². The van der Waals surface area contributed by atoms with Gasteiger partial charge in [-0.15, -0.1) is 11.3 Å². The number of ketones is 1. The maximum Gasteiger partial charge on any atom is 0.174 e. The van der Waals surface area contributed by atoms with Gasteiger partial charge < -0.3 is 10.6 Å². The molecule has 2 N–H and O–H groups in total. The van der Waals surface area contributed by atoms with Gasteiger partial charge in [-0.3, -0.25) is 4.79 Å². The first-order chi connectivity index (χ1) is 9.39. The zero-order chi connectivity index (χ0) is 14.9. The van der Waals surface area contributed by atoms with Crippen molar-refractivity contribution in [1.29, 1.82) is 5.26 Å². The van der Waals surface area contributed by atoms with E-state index in [1.54, 1.807) is 6.92 Å². The van der Waals surface area contributed by atoms with Gasteiger partial charge in [0.05, 0.1) is 22.1 Å². The minimum absolute atomic E-state index is 0.0622. The number of Topliss-reactive ketones (excluding diaryl/α,β-unsaturated/α-hetero) is 1. The highest BCUT2D eigenvalue weighted by molar-refractivity contribution is 7.91. The monoisotopic (exact) mass is 313 g/mol. The van der Waals surface area contributed by atoms with Gasteiger partial charge in [0, 0.05) is 19.5 Å². The van der Waals surface area contributed by atoms with Gasteiger partial charge in [0.2, 0.25) is 0 Å². The standard InChI is InChI=1S/C12H15N3O3S2/c1-2-9(16)11-10(14)8(7-13)12(19-11)15-3-5-20(17,18)6-4-15/h2-6,14H2,1H3. The second kappa shape index (κ2) is 5.42. The molecule has 0 atom stereocenters. The number of rotatable bonds is 3. The van der Waals surface area contributed by atoms with Gasteiger partial charge in [-0.1, -0.05) is 6.92 Å². The highest BCUT2D eigenvalue weighted by Gasteiger charge is 2.28. The topological polar surface area (TPSA) is 104 Å². The van der Waals surface area contributed by atoms with Gasteiger partial charge >= 0.3 is 0 Å². The number of sulfone groups is 1. The summed E-state index contributed by atoms with van der Waals surface area (Å²) in [4.78, 5) is 14.0. The highest BCUT2D eigenvalue weighted by Crippen LogP contribution is 2.38. The number of anilines is 2. The third-order valence-electron chi connectivity index (χ3n) is 3.24. The molecule has 0 aliphatic carbocycles.